The van der Waals surface area contributed by atoms with Crippen molar-refractivity contribution in [2.24, 2.45) is 0 Å². The third-order valence-electron chi connectivity index (χ3n) is 3.85. The molecule has 2 aliphatic heterocycles. The molecule has 2 aliphatic rings. The van der Waals surface area contributed by atoms with Crippen LogP contribution in [0.4, 0.5) is 4.79 Å². The topological polar surface area (TPSA) is 38.8 Å². The molecule has 0 spiro atoms. The third-order valence-corrected chi connectivity index (χ3v) is 3.85. The number of ether oxygens (including phenoxy) is 2. The van der Waals surface area contributed by atoms with Gasteiger partial charge >= 0.3 is 6.09 Å². The number of hydrogen-bond acceptors (Lipinski definition) is 3. The van der Waals surface area contributed by atoms with Crippen molar-refractivity contribution in [2.75, 3.05) is 6.61 Å². The van der Waals surface area contributed by atoms with Crippen LogP contribution >= 0.6 is 0 Å². The van der Waals surface area contributed by atoms with Gasteiger partial charge in [0.15, 0.2) is 0 Å². The van der Waals surface area contributed by atoms with Crippen molar-refractivity contribution in [1.82, 2.24) is 4.90 Å². The normalized spacial score (nSPS) is 30.5. The minimum Gasteiger partial charge on any atom is -0.444 e. The fraction of sp³-hybridized carbons (Fsp3) is 0.933. The summed E-state index contributed by atoms with van der Waals surface area (Å²) in [5.41, 5.74) is -0.411. The highest BCUT2D eigenvalue weighted by molar-refractivity contribution is 5.69. The molecule has 19 heavy (non-hydrogen) atoms. The molecule has 0 saturated carbocycles. The molecule has 2 rings (SSSR count). The second-order valence-electron chi connectivity index (χ2n) is 6.74. The van der Waals surface area contributed by atoms with E-state index < -0.39 is 5.60 Å². The van der Waals surface area contributed by atoms with Crippen molar-refractivity contribution < 1.29 is 14.3 Å². The Morgan fingerprint density at radius 2 is 1.79 bits per heavy atom. The lowest BCUT2D eigenvalue weighted by atomic mass is 10.0. The zero-order chi connectivity index (χ0) is 14.0. The SMILES string of the molecule is CCCO[C@H]1C[C@H]2CC[C@@H](C1)N2C(=O)OC(C)(C)C. The summed E-state index contributed by atoms with van der Waals surface area (Å²) in [6.07, 6.45) is 5.36. The van der Waals surface area contributed by atoms with Crippen molar-refractivity contribution >= 4 is 6.09 Å². The summed E-state index contributed by atoms with van der Waals surface area (Å²) in [6.45, 7) is 8.72. The van der Waals surface area contributed by atoms with Crippen LogP contribution in [0, 0.1) is 0 Å². The molecule has 4 nitrogen and oxygen atoms in total. The van der Waals surface area contributed by atoms with Gasteiger partial charge < -0.3 is 14.4 Å². The van der Waals surface area contributed by atoms with Crippen LogP contribution in [0.1, 0.15) is 59.8 Å². The zero-order valence-corrected chi connectivity index (χ0v) is 12.6. The van der Waals surface area contributed by atoms with Crippen molar-refractivity contribution in [3.05, 3.63) is 0 Å². The lowest BCUT2D eigenvalue weighted by Gasteiger charge is -2.39. The van der Waals surface area contributed by atoms with E-state index in [0.29, 0.717) is 18.2 Å². The average molecular weight is 269 g/mol. The molecule has 0 aromatic heterocycles. The van der Waals surface area contributed by atoms with E-state index in [9.17, 15) is 4.79 Å². The van der Waals surface area contributed by atoms with Crippen LogP contribution in [-0.2, 0) is 9.47 Å². The maximum absolute atomic E-state index is 12.3. The van der Waals surface area contributed by atoms with Crippen molar-refractivity contribution in [1.29, 1.82) is 0 Å². The Morgan fingerprint density at radius 1 is 1.21 bits per heavy atom. The van der Waals surface area contributed by atoms with Gasteiger partial charge in [0.25, 0.3) is 0 Å². The first-order valence-electron chi connectivity index (χ1n) is 7.53. The standard InChI is InChI=1S/C15H27NO3/c1-5-8-18-13-9-11-6-7-12(10-13)16(11)14(17)19-15(2,3)4/h11-13H,5-10H2,1-4H3/t11-,12+,13+. The summed E-state index contributed by atoms with van der Waals surface area (Å²) in [6, 6.07) is 0.630. The van der Waals surface area contributed by atoms with Crippen LogP contribution in [0.15, 0.2) is 0 Å². The summed E-state index contributed by atoms with van der Waals surface area (Å²) < 4.78 is 11.4. The van der Waals surface area contributed by atoms with E-state index in [2.05, 4.69) is 6.92 Å². The van der Waals surface area contributed by atoms with Gasteiger partial charge in [-0.25, -0.2) is 4.79 Å². The third kappa shape index (κ3) is 3.62. The van der Waals surface area contributed by atoms with E-state index in [1.807, 2.05) is 25.7 Å². The van der Waals surface area contributed by atoms with Gasteiger partial charge in [0.2, 0.25) is 0 Å². The van der Waals surface area contributed by atoms with Gasteiger partial charge in [0.1, 0.15) is 5.60 Å². The molecule has 1 amide bonds. The Bertz CT molecular complexity index is 310. The van der Waals surface area contributed by atoms with E-state index >= 15 is 0 Å². The van der Waals surface area contributed by atoms with Crippen molar-refractivity contribution in [3.8, 4) is 0 Å². The first kappa shape index (κ1) is 14.6. The van der Waals surface area contributed by atoms with Gasteiger partial charge in [0, 0.05) is 18.7 Å². The first-order valence-corrected chi connectivity index (χ1v) is 7.53. The number of nitrogens with zero attached hydrogens (tertiary/aromatic N) is 1. The molecule has 0 unspecified atom stereocenters. The minimum atomic E-state index is -0.411. The van der Waals surface area contributed by atoms with Crippen LogP contribution < -0.4 is 0 Å². The maximum atomic E-state index is 12.3. The van der Waals surface area contributed by atoms with Crippen LogP contribution in [-0.4, -0.2) is 41.4 Å². The Balaban J connectivity index is 1.93. The lowest BCUT2D eigenvalue weighted by Crippen LogP contribution is -2.50. The molecule has 2 heterocycles. The molecule has 3 atom stereocenters. The highest BCUT2D eigenvalue weighted by Crippen LogP contribution is 2.37. The summed E-state index contributed by atoms with van der Waals surface area (Å²) in [4.78, 5) is 14.2. The number of hydrogen-bond donors (Lipinski definition) is 0. The summed E-state index contributed by atoms with van der Waals surface area (Å²) in [5.74, 6) is 0. The van der Waals surface area contributed by atoms with Crippen molar-refractivity contribution in [3.63, 3.8) is 0 Å². The highest BCUT2D eigenvalue weighted by Gasteiger charge is 2.45. The lowest BCUT2D eigenvalue weighted by molar-refractivity contribution is -0.0341. The van der Waals surface area contributed by atoms with E-state index in [0.717, 1.165) is 38.7 Å². The monoisotopic (exact) mass is 269 g/mol. The number of carbonyl (C=O) groups excluding carboxylic acids is 1. The molecule has 110 valence electrons. The number of amides is 1. The van der Waals surface area contributed by atoms with Gasteiger partial charge in [-0.1, -0.05) is 6.92 Å². The van der Waals surface area contributed by atoms with Crippen LogP contribution in [0.3, 0.4) is 0 Å². The summed E-state index contributed by atoms with van der Waals surface area (Å²) >= 11 is 0. The van der Waals surface area contributed by atoms with E-state index in [1.54, 1.807) is 0 Å². The minimum absolute atomic E-state index is 0.144. The van der Waals surface area contributed by atoms with Crippen LogP contribution in [0.25, 0.3) is 0 Å². The second-order valence-corrected chi connectivity index (χ2v) is 6.74. The Hall–Kier alpha value is -0.770. The van der Waals surface area contributed by atoms with E-state index in [4.69, 9.17) is 9.47 Å². The molecule has 0 aromatic carbocycles. The number of rotatable bonds is 3. The number of fused-ring (bicyclic) bond motifs is 2. The molecule has 0 radical (unpaired) electrons. The molecule has 0 aliphatic carbocycles. The smallest absolute Gasteiger partial charge is 0.410 e. The fourth-order valence-electron chi connectivity index (χ4n) is 3.16. The van der Waals surface area contributed by atoms with Gasteiger partial charge in [0.05, 0.1) is 6.10 Å². The predicted molar refractivity (Wildman–Crippen MR) is 74.1 cm³/mol. The van der Waals surface area contributed by atoms with E-state index in [1.165, 1.54) is 0 Å². The molecule has 4 heteroatoms. The molecule has 2 saturated heterocycles. The largest absolute Gasteiger partial charge is 0.444 e. The second kappa shape index (κ2) is 5.70. The Kier molecular flexibility index (Phi) is 4.39. The molecule has 2 bridgehead atoms. The van der Waals surface area contributed by atoms with Gasteiger partial charge in [-0.15, -0.1) is 0 Å². The molecular weight excluding hydrogens is 242 g/mol. The van der Waals surface area contributed by atoms with Crippen molar-refractivity contribution in [2.45, 2.75) is 83.6 Å². The zero-order valence-electron chi connectivity index (χ0n) is 12.6. The summed E-state index contributed by atoms with van der Waals surface area (Å²) in [5, 5.41) is 0. The van der Waals surface area contributed by atoms with Crippen LogP contribution in [0.5, 0.6) is 0 Å². The molecule has 0 aromatic rings. The first-order chi connectivity index (χ1) is 8.90. The number of carbonyl (C=O) groups is 1. The number of piperidine rings is 1. The predicted octanol–water partition coefficient (Wildman–Crippen LogP) is 3.34. The van der Waals surface area contributed by atoms with Gasteiger partial charge in [-0.05, 0) is 52.9 Å². The quantitative estimate of drug-likeness (QED) is 0.788. The fourth-order valence-corrected chi connectivity index (χ4v) is 3.16. The Morgan fingerprint density at radius 3 is 2.26 bits per heavy atom. The average Bonchev–Trinajstić information content (AvgIpc) is 2.56. The maximum Gasteiger partial charge on any atom is 0.410 e. The molecule has 2 fully saturated rings. The van der Waals surface area contributed by atoms with Gasteiger partial charge in [-0.2, -0.15) is 0 Å². The van der Waals surface area contributed by atoms with E-state index in [-0.39, 0.29) is 6.09 Å². The highest BCUT2D eigenvalue weighted by atomic mass is 16.6. The van der Waals surface area contributed by atoms with Crippen LogP contribution in [0.2, 0.25) is 0 Å². The molecular formula is C15H27NO3. The molecule has 0 N–H and O–H groups in total. The Labute approximate surface area is 116 Å². The van der Waals surface area contributed by atoms with Gasteiger partial charge in [-0.3, -0.25) is 0 Å². The summed E-state index contributed by atoms with van der Waals surface area (Å²) in [7, 11) is 0.